The van der Waals surface area contributed by atoms with Gasteiger partial charge in [0.05, 0.1) is 13.2 Å². The van der Waals surface area contributed by atoms with Crippen molar-refractivity contribution in [2.75, 3.05) is 39.5 Å². The summed E-state index contributed by atoms with van der Waals surface area (Å²) < 4.78 is 5.49. The molecule has 0 aromatic heterocycles. The molecular weight excluding hydrogens is 238 g/mol. The standard InChI is InChI=1S/C16H23NO2/c18-12-16(7-9-19-13-16)11-17-8-6-15(10-17)14-4-2-1-3-5-14/h1-5,15,18H,6-13H2. The molecule has 0 saturated carbocycles. The monoisotopic (exact) mass is 261 g/mol. The Morgan fingerprint density at radius 1 is 1.32 bits per heavy atom. The van der Waals surface area contributed by atoms with Gasteiger partial charge in [-0.25, -0.2) is 0 Å². The first-order valence-corrected chi connectivity index (χ1v) is 7.27. The summed E-state index contributed by atoms with van der Waals surface area (Å²) in [6.07, 6.45) is 2.22. The summed E-state index contributed by atoms with van der Waals surface area (Å²) >= 11 is 0. The Balaban J connectivity index is 1.60. The Morgan fingerprint density at radius 2 is 2.16 bits per heavy atom. The van der Waals surface area contributed by atoms with Crippen molar-refractivity contribution in [2.45, 2.75) is 18.8 Å². The Hall–Kier alpha value is -0.900. The van der Waals surface area contributed by atoms with Crippen molar-refractivity contribution in [1.82, 2.24) is 4.90 Å². The van der Waals surface area contributed by atoms with E-state index in [-0.39, 0.29) is 12.0 Å². The fraction of sp³-hybridized carbons (Fsp3) is 0.625. The maximum Gasteiger partial charge on any atom is 0.0557 e. The van der Waals surface area contributed by atoms with Crippen LogP contribution in [0.2, 0.25) is 0 Å². The summed E-state index contributed by atoms with van der Waals surface area (Å²) in [6, 6.07) is 10.8. The zero-order valence-corrected chi connectivity index (χ0v) is 11.4. The van der Waals surface area contributed by atoms with Crippen molar-refractivity contribution >= 4 is 0 Å². The van der Waals surface area contributed by atoms with E-state index in [1.54, 1.807) is 0 Å². The van der Waals surface area contributed by atoms with E-state index in [0.717, 1.165) is 39.3 Å². The predicted molar refractivity (Wildman–Crippen MR) is 75.2 cm³/mol. The average molecular weight is 261 g/mol. The highest BCUT2D eigenvalue weighted by atomic mass is 16.5. The third kappa shape index (κ3) is 2.83. The SMILES string of the molecule is OCC1(CN2CCC(c3ccccc3)C2)CCOC1. The van der Waals surface area contributed by atoms with Gasteiger partial charge < -0.3 is 14.7 Å². The Labute approximate surface area is 115 Å². The van der Waals surface area contributed by atoms with Gasteiger partial charge in [0, 0.05) is 25.1 Å². The molecule has 0 amide bonds. The van der Waals surface area contributed by atoms with Crippen LogP contribution in [0.1, 0.15) is 24.3 Å². The quantitative estimate of drug-likeness (QED) is 0.898. The Morgan fingerprint density at radius 3 is 2.84 bits per heavy atom. The largest absolute Gasteiger partial charge is 0.396 e. The maximum absolute atomic E-state index is 9.65. The minimum atomic E-state index is -0.00836. The third-order valence-corrected chi connectivity index (χ3v) is 4.62. The molecule has 2 aliphatic heterocycles. The number of aliphatic hydroxyl groups excluding tert-OH is 1. The molecule has 2 aliphatic rings. The number of hydrogen-bond acceptors (Lipinski definition) is 3. The molecule has 0 bridgehead atoms. The number of rotatable bonds is 4. The van der Waals surface area contributed by atoms with E-state index in [4.69, 9.17) is 4.74 Å². The highest BCUT2D eigenvalue weighted by molar-refractivity contribution is 5.21. The molecule has 1 aromatic rings. The number of likely N-dealkylation sites (tertiary alicyclic amines) is 1. The summed E-state index contributed by atoms with van der Waals surface area (Å²) in [4.78, 5) is 2.50. The third-order valence-electron chi connectivity index (χ3n) is 4.62. The lowest BCUT2D eigenvalue weighted by atomic mass is 9.88. The maximum atomic E-state index is 9.65. The van der Waals surface area contributed by atoms with Crippen LogP contribution >= 0.6 is 0 Å². The first-order chi connectivity index (χ1) is 9.31. The average Bonchev–Trinajstić information content (AvgIpc) is 3.10. The Kier molecular flexibility index (Phi) is 3.87. The minimum absolute atomic E-state index is 0.00836. The van der Waals surface area contributed by atoms with Gasteiger partial charge >= 0.3 is 0 Å². The lowest BCUT2D eigenvalue weighted by molar-refractivity contribution is 0.0635. The highest BCUT2D eigenvalue weighted by Crippen LogP contribution is 2.33. The normalized spacial score (nSPS) is 31.9. The summed E-state index contributed by atoms with van der Waals surface area (Å²) in [5.41, 5.74) is 1.44. The second kappa shape index (κ2) is 5.61. The first-order valence-electron chi connectivity index (χ1n) is 7.27. The van der Waals surface area contributed by atoms with Crippen LogP contribution in [0, 0.1) is 5.41 Å². The topological polar surface area (TPSA) is 32.7 Å². The van der Waals surface area contributed by atoms with E-state index in [1.807, 2.05) is 0 Å². The van der Waals surface area contributed by atoms with Crippen molar-refractivity contribution in [2.24, 2.45) is 5.41 Å². The molecule has 0 radical (unpaired) electrons. The fourth-order valence-corrected chi connectivity index (χ4v) is 3.40. The van der Waals surface area contributed by atoms with Crippen LogP contribution in [0.15, 0.2) is 30.3 Å². The molecule has 3 nitrogen and oxygen atoms in total. The molecule has 3 rings (SSSR count). The molecule has 1 N–H and O–H groups in total. The summed E-state index contributed by atoms with van der Waals surface area (Å²) in [7, 11) is 0. The molecule has 2 unspecified atom stereocenters. The molecule has 2 atom stereocenters. The van der Waals surface area contributed by atoms with Crippen molar-refractivity contribution in [3.05, 3.63) is 35.9 Å². The zero-order valence-electron chi connectivity index (χ0n) is 11.4. The zero-order chi connectivity index (χ0) is 13.1. The van der Waals surface area contributed by atoms with Crippen LogP contribution < -0.4 is 0 Å². The highest BCUT2D eigenvalue weighted by Gasteiger charge is 2.38. The van der Waals surface area contributed by atoms with Gasteiger partial charge in [0.2, 0.25) is 0 Å². The second-order valence-electron chi connectivity index (χ2n) is 6.09. The van der Waals surface area contributed by atoms with E-state index in [1.165, 1.54) is 12.0 Å². The Bertz CT molecular complexity index is 400. The summed E-state index contributed by atoms with van der Waals surface area (Å²) in [5.74, 6) is 0.652. The molecule has 2 heterocycles. The van der Waals surface area contributed by atoms with Gasteiger partial charge in [-0.05, 0) is 30.9 Å². The molecular formula is C16H23NO2. The van der Waals surface area contributed by atoms with E-state index in [2.05, 4.69) is 35.2 Å². The van der Waals surface area contributed by atoms with Gasteiger partial charge in [-0.3, -0.25) is 0 Å². The molecule has 104 valence electrons. The first kappa shape index (κ1) is 13.1. The molecule has 1 aromatic carbocycles. The number of hydrogen-bond donors (Lipinski definition) is 1. The fourth-order valence-electron chi connectivity index (χ4n) is 3.40. The number of nitrogens with zero attached hydrogens (tertiary/aromatic N) is 1. The predicted octanol–water partition coefficient (Wildman–Crippen LogP) is 1.87. The minimum Gasteiger partial charge on any atom is -0.396 e. The van der Waals surface area contributed by atoms with Crippen LogP contribution in [0.4, 0.5) is 0 Å². The van der Waals surface area contributed by atoms with Crippen molar-refractivity contribution in [3.8, 4) is 0 Å². The molecule has 3 heteroatoms. The van der Waals surface area contributed by atoms with Crippen LogP contribution in [-0.2, 0) is 4.74 Å². The lowest BCUT2D eigenvalue weighted by Crippen LogP contribution is -2.39. The van der Waals surface area contributed by atoms with Gasteiger partial charge in [-0.1, -0.05) is 30.3 Å². The molecule has 0 aliphatic carbocycles. The van der Waals surface area contributed by atoms with Crippen molar-refractivity contribution < 1.29 is 9.84 Å². The molecule has 2 fully saturated rings. The van der Waals surface area contributed by atoms with Gasteiger partial charge in [0.1, 0.15) is 0 Å². The van der Waals surface area contributed by atoms with E-state index >= 15 is 0 Å². The second-order valence-corrected chi connectivity index (χ2v) is 6.09. The van der Waals surface area contributed by atoms with Gasteiger partial charge in [0.25, 0.3) is 0 Å². The van der Waals surface area contributed by atoms with Crippen LogP contribution in [0.3, 0.4) is 0 Å². The molecule has 19 heavy (non-hydrogen) atoms. The molecule has 2 saturated heterocycles. The number of ether oxygens (including phenoxy) is 1. The number of benzene rings is 1. The van der Waals surface area contributed by atoms with Gasteiger partial charge in [-0.15, -0.1) is 0 Å². The summed E-state index contributed by atoms with van der Waals surface area (Å²) in [5, 5.41) is 9.65. The van der Waals surface area contributed by atoms with E-state index < -0.39 is 0 Å². The summed E-state index contributed by atoms with van der Waals surface area (Å²) in [6.45, 7) is 5.01. The van der Waals surface area contributed by atoms with E-state index in [0.29, 0.717) is 5.92 Å². The van der Waals surface area contributed by atoms with E-state index in [9.17, 15) is 5.11 Å². The van der Waals surface area contributed by atoms with Gasteiger partial charge in [0.15, 0.2) is 0 Å². The smallest absolute Gasteiger partial charge is 0.0557 e. The van der Waals surface area contributed by atoms with Crippen LogP contribution in [0.25, 0.3) is 0 Å². The van der Waals surface area contributed by atoms with Crippen molar-refractivity contribution in [3.63, 3.8) is 0 Å². The van der Waals surface area contributed by atoms with Crippen LogP contribution in [-0.4, -0.2) is 49.5 Å². The number of aliphatic hydroxyl groups is 1. The van der Waals surface area contributed by atoms with Gasteiger partial charge in [-0.2, -0.15) is 0 Å². The van der Waals surface area contributed by atoms with Crippen molar-refractivity contribution in [1.29, 1.82) is 0 Å². The lowest BCUT2D eigenvalue weighted by Gasteiger charge is -2.30. The van der Waals surface area contributed by atoms with Crippen LogP contribution in [0.5, 0.6) is 0 Å². The molecule has 0 spiro atoms.